The monoisotopic (exact) mass is 252 g/mol. The molecule has 0 saturated carbocycles. The molecule has 0 amide bonds. The molecule has 17 heavy (non-hydrogen) atoms. The van der Waals surface area contributed by atoms with E-state index in [1.807, 2.05) is 51.1 Å². The van der Waals surface area contributed by atoms with Crippen molar-refractivity contribution in [3.63, 3.8) is 0 Å². The lowest BCUT2D eigenvalue weighted by molar-refractivity contribution is -0.117. The maximum absolute atomic E-state index is 12.0. The Bertz CT molecular complexity index is 368. The first-order valence-corrected chi connectivity index (χ1v) is 6.59. The minimum atomic E-state index is -0.724. The van der Waals surface area contributed by atoms with Crippen molar-refractivity contribution >= 4 is 16.9 Å². The standard InChI is InChI=1S/C14H20O2S/c1-10(13(16)17-14(2,3)4)12(15)11-8-6-5-7-9-11/h5-10,12,15H,1-4H3/t10-,12-/m1/s1. The predicted octanol–water partition coefficient (Wildman–Crippen LogP) is 3.41. The number of hydrogen-bond donors (Lipinski definition) is 1. The summed E-state index contributed by atoms with van der Waals surface area (Å²) in [6.45, 7) is 7.77. The van der Waals surface area contributed by atoms with E-state index in [9.17, 15) is 9.90 Å². The number of hydrogen-bond acceptors (Lipinski definition) is 3. The number of rotatable bonds is 3. The van der Waals surface area contributed by atoms with E-state index in [2.05, 4.69) is 0 Å². The van der Waals surface area contributed by atoms with Crippen LogP contribution in [0.3, 0.4) is 0 Å². The van der Waals surface area contributed by atoms with Crippen LogP contribution in [0.1, 0.15) is 39.4 Å². The van der Waals surface area contributed by atoms with Crippen LogP contribution >= 0.6 is 11.8 Å². The Labute approximate surface area is 107 Å². The molecule has 0 spiro atoms. The molecular weight excluding hydrogens is 232 g/mol. The molecule has 0 bridgehead atoms. The van der Waals surface area contributed by atoms with Crippen LogP contribution in [0.15, 0.2) is 30.3 Å². The topological polar surface area (TPSA) is 37.3 Å². The van der Waals surface area contributed by atoms with Gasteiger partial charge in [0.05, 0.1) is 12.0 Å². The first kappa shape index (κ1) is 14.3. The molecule has 0 fully saturated rings. The molecule has 0 aliphatic heterocycles. The van der Waals surface area contributed by atoms with Crippen molar-refractivity contribution in [1.82, 2.24) is 0 Å². The predicted molar refractivity (Wildman–Crippen MR) is 72.9 cm³/mol. The molecule has 0 saturated heterocycles. The molecule has 0 radical (unpaired) electrons. The Morgan fingerprint density at radius 2 is 1.76 bits per heavy atom. The third kappa shape index (κ3) is 4.52. The normalized spacial score (nSPS) is 15.4. The summed E-state index contributed by atoms with van der Waals surface area (Å²) < 4.78 is -0.109. The van der Waals surface area contributed by atoms with Crippen molar-refractivity contribution in [1.29, 1.82) is 0 Å². The molecule has 2 nitrogen and oxygen atoms in total. The van der Waals surface area contributed by atoms with E-state index in [1.54, 1.807) is 6.92 Å². The van der Waals surface area contributed by atoms with Crippen molar-refractivity contribution in [2.45, 2.75) is 38.5 Å². The Hall–Kier alpha value is -0.800. The number of carbonyl (C=O) groups is 1. The van der Waals surface area contributed by atoms with Crippen molar-refractivity contribution in [3.8, 4) is 0 Å². The summed E-state index contributed by atoms with van der Waals surface area (Å²) in [5.41, 5.74) is 0.794. The van der Waals surface area contributed by atoms with Crippen LogP contribution in [0.4, 0.5) is 0 Å². The second kappa shape index (κ2) is 5.69. The lowest BCUT2D eigenvalue weighted by atomic mass is 9.99. The average Bonchev–Trinajstić information content (AvgIpc) is 2.26. The van der Waals surface area contributed by atoms with E-state index in [0.717, 1.165) is 5.56 Å². The van der Waals surface area contributed by atoms with E-state index in [0.29, 0.717) is 0 Å². The molecular formula is C14H20O2S. The van der Waals surface area contributed by atoms with Gasteiger partial charge in [-0.1, -0.05) is 69.8 Å². The average molecular weight is 252 g/mol. The van der Waals surface area contributed by atoms with Gasteiger partial charge < -0.3 is 5.11 Å². The van der Waals surface area contributed by atoms with Crippen molar-refractivity contribution in [2.24, 2.45) is 5.92 Å². The second-order valence-corrected chi connectivity index (χ2v) is 7.01. The fraction of sp³-hybridized carbons (Fsp3) is 0.500. The molecule has 0 aliphatic carbocycles. The van der Waals surface area contributed by atoms with Gasteiger partial charge in [-0.25, -0.2) is 0 Å². The van der Waals surface area contributed by atoms with E-state index < -0.39 is 6.10 Å². The molecule has 0 heterocycles. The van der Waals surface area contributed by atoms with Gasteiger partial charge in [-0.15, -0.1) is 0 Å². The highest BCUT2D eigenvalue weighted by Gasteiger charge is 2.27. The Balaban J connectivity index is 2.70. The quantitative estimate of drug-likeness (QED) is 0.895. The Kier molecular flexibility index (Phi) is 4.78. The summed E-state index contributed by atoms with van der Waals surface area (Å²) in [6, 6.07) is 9.32. The van der Waals surface area contributed by atoms with Crippen LogP contribution in [0.5, 0.6) is 0 Å². The molecule has 0 aliphatic rings. The zero-order chi connectivity index (χ0) is 13.1. The van der Waals surface area contributed by atoms with Crippen LogP contribution in [-0.2, 0) is 4.79 Å². The minimum absolute atomic E-state index is 0.0360. The van der Waals surface area contributed by atoms with E-state index in [-0.39, 0.29) is 15.8 Å². The fourth-order valence-electron chi connectivity index (χ4n) is 1.46. The molecule has 1 aromatic carbocycles. The van der Waals surface area contributed by atoms with Gasteiger partial charge in [-0.2, -0.15) is 0 Å². The Morgan fingerprint density at radius 3 is 2.24 bits per heavy atom. The van der Waals surface area contributed by atoms with Gasteiger partial charge in [0.2, 0.25) is 0 Å². The van der Waals surface area contributed by atoms with E-state index in [1.165, 1.54) is 11.8 Å². The highest BCUT2D eigenvalue weighted by molar-refractivity contribution is 8.14. The maximum atomic E-state index is 12.0. The number of thioether (sulfide) groups is 1. The van der Waals surface area contributed by atoms with Crippen LogP contribution in [0, 0.1) is 5.92 Å². The molecule has 1 rings (SSSR count). The highest BCUT2D eigenvalue weighted by atomic mass is 32.2. The van der Waals surface area contributed by atoms with Gasteiger partial charge in [0.25, 0.3) is 0 Å². The molecule has 0 unspecified atom stereocenters. The summed E-state index contributed by atoms with van der Waals surface area (Å²) in [4.78, 5) is 12.0. The van der Waals surface area contributed by atoms with Crippen LogP contribution < -0.4 is 0 Å². The van der Waals surface area contributed by atoms with Gasteiger partial charge in [0.1, 0.15) is 0 Å². The molecule has 3 heteroatoms. The number of benzene rings is 1. The maximum Gasteiger partial charge on any atom is 0.195 e. The first-order chi connectivity index (χ1) is 7.81. The summed E-state index contributed by atoms with van der Waals surface area (Å²) in [5, 5.41) is 10.2. The summed E-state index contributed by atoms with van der Waals surface area (Å²) in [5.74, 6) is -0.387. The highest BCUT2D eigenvalue weighted by Crippen LogP contribution is 2.32. The van der Waals surface area contributed by atoms with Crippen LogP contribution in [-0.4, -0.2) is 15.0 Å². The van der Waals surface area contributed by atoms with Gasteiger partial charge in [0.15, 0.2) is 5.12 Å². The van der Waals surface area contributed by atoms with E-state index in [4.69, 9.17) is 0 Å². The van der Waals surface area contributed by atoms with Crippen LogP contribution in [0.2, 0.25) is 0 Å². The van der Waals surface area contributed by atoms with Gasteiger partial charge >= 0.3 is 0 Å². The molecule has 1 N–H and O–H groups in total. The molecule has 2 atom stereocenters. The van der Waals surface area contributed by atoms with Crippen molar-refractivity contribution < 1.29 is 9.90 Å². The minimum Gasteiger partial charge on any atom is -0.388 e. The van der Waals surface area contributed by atoms with Crippen molar-refractivity contribution in [3.05, 3.63) is 35.9 Å². The second-order valence-electron chi connectivity index (χ2n) is 5.18. The Morgan fingerprint density at radius 1 is 1.24 bits per heavy atom. The summed E-state index contributed by atoms with van der Waals surface area (Å²) in [7, 11) is 0. The van der Waals surface area contributed by atoms with E-state index >= 15 is 0 Å². The van der Waals surface area contributed by atoms with Gasteiger partial charge in [-0.05, 0) is 5.56 Å². The number of aliphatic hydroxyl groups excluding tert-OH is 1. The van der Waals surface area contributed by atoms with Crippen molar-refractivity contribution in [2.75, 3.05) is 0 Å². The van der Waals surface area contributed by atoms with Gasteiger partial charge in [-0.3, -0.25) is 4.79 Å². The third-order valence-electron chi connectivity index (χ3n) is 2.39. The zero-order valence-corrected chi connectivity index (χ0v) is 11.6. The lowest BCUT2D eigenvalue weighted by Gasteiger charge is -2.22. The number of carbonyl (C=O) groups excluding carboxylic acids is 1. The zero-order valence-electron chi connectivity index (χ0n) is 10.8. The first-order valence-electron chi connectivity index (χ1n) is 5.77. The molecule has 94 valence electrons. The number of aliphatic hydroxyl groups is 1. The smallest absolute Gasteiger partial charge is 0.195 e. The summed E-state index contributed by atoms with van der Waals surface area (Å²) in [6.07, 6.45) is -0.724. The summed E-state index contributed by atoms with van der Waals surface area (Å²) >= 11 is 1.29. The SMILES string of the molecule is C[C@@H](C(=O)SC(C)(C)C)[C@@H](O)c1ccccc1. The molecule has 1 aromatic rings. The van der Waals surface area contributed by atoms with Crippen LogP contribution in [0.25, 0.3) is 0 Å². The third-order valence-corrected chi connectivity index (χ3v) is 3.58. The van der Waals surface area contributed by atoms with Gasteiger partial charge in [0, 0.05) is 4.75 Å². The fourth-order valence-corrected chi connectivity index (χ4v) is 2.38. The lowest BCUT2D eigenvalue weighted by Crippen LogP contribution is -2.21. The molecule has 0 aromatic heterocycles. The largest absolute Gasteiger partial charge is 0.388 e.